The van der Waals surface area contributed by atoms with Crippen molar-refractivity contribution in [1.82, 2.24) is 0 Å². The van der Waals surface area contributed by atoms with Gasteiger partial charge in [-0.25, -0.2) is 0 Å². The van der Waals surface area contributed by atoms with Crippen LogP contribution in [0, 0.1) is 0 Å². The molecule has 0 N–H and O–H groups in total. The van der Waals surface area contributed by atoms with Gasteiger partial charge in [-0.1, -0.05) is 6.92 Å². The molecule has 1 heterocycles. The second-order valence-electron chi connectivity index (χ2n) is 4.62. The van der Waals surface area contributed by atoms with Crippen LogP contribution in [-0.4, -0.2) is 47.7 Å². The standard InChI is InChI=1S/C13H28O4Si/c1-4-16-18(6-3,17-5-2)10-8-7-9-14-11-13-12-15-13/h13H,4-12H2,1-3H3. The topological polar surface area (TPSA) is 40.2 Å². The van der Waals surface area contributed by atoms with Gasteiger partial charge < -0.3 is 18.3 Å². The molecule has 0 bridgehead atoms. The predicted octanol–water partition coefficient (Wildman–Crippen LogP) is 2.72. The zero-order chi connectivity index (χ0) is 13.3. The van der Waals surface area contributed by atoms with Crippen molar-refractivity contribution in [3.8, 4) is 0 Å². The summed E-state index contributed by atoms with van der Waals surface area (Å²) in [5.74, 6) is 0. The van der Waals surface area contributed by atoms with Crippen molar-refractivity contribution >= 4 is 8.56 Å². The fourth-order valence-electron chi connectivity index (χ4n) is 2.07. The first-order valence-corrected chi connectivity index (χ1v) is 9.46. The Kier molecular flexibility index (Phi) is 8.09. The van der Waals surface area contributed by atoms with E-state index in [-0.39, 0.29) is 0 Å². The van der Waals surface area contributed by atoms with E-state index in [1.54, 1.807) is 0 Å². The third kappa shape index (κ3) is 6.29. The number of rotatable bonds is 12. The summed E-state index contributed by atoms with van der Waals surface area (Å²) in [6, 6.07) is 2.11. The van der Waals surface area contributed by atoms with Crippen LogP contribution < -0.4 is 0 Å². The van der Waals surface area contributed by atoms with E-state index in [9.17, 15) is 0 Å². The highest BCUT2D eigenvalue weighted by atomic mass is 28.4. The van der Waals surface area contributed by atoms with Gasteiger partial charge in [-0.15, -0.1) is 0 Å². The Labute approximate surface area is 112 Å². The Bertz CT molecular complexity index is 203. The average Bonchev–Trinajstić information content (AvgIpc) is 3.18. The van der Waals surface area contributed by atoms with Gasteiger partial charge in [0.1, 0.15) is 6.10 Å². The van der Waals surface area contributed by atoms with Gasteiger partial charge in [0.15, 0.2) is 0 Å². The highest BCUT2D eigenvalue weighted by molar-refractivity contribution is 6.67. The molecule has 4 nitrogen and oxygen atoms in total. The van der Waals surface area contributed by atoms with E-state index in [4.69, 9.17) is 18.3 Å². The van der Waals surface area contributed by atoms with Gasteiger partial charge in [-0.2, -0.15) is 0 Å². The minimum Gasteiger partial charge on any atom is -0.394 e. The smallest absolute Gasteiger partial charge is 0.337 e. The molecule has 1 saturated heterocycles. The average molecular weight is 276 g/mol. The summed E-state index contributed by atoms with van der Waals surface area (Å²) in [7, 11) is -1.92. The highest BCUT2D eigenvalue weighted by Crippen LogP contribution is 2.22. The molecule has 0 aliphatic carbocycles. The van der Waals surface area contributed by atoms with Gasteiger partial charge in [0.25, 0.3) is 0 Å². The molecule has 1 aliphatic heterocycles. The van der Waals surface area contributed by atoms with Crippen LogP contribution >= 0.6 is 0 Å². The molecule has 1 atom stereocenters. The van der Waals surface area contributed by atoms with Gasteiger partial charge in [0, 0.05) is 19.8 Å². The molecule has 0 saturated carbocycles. The number of unbranched alkanes of at least 4 members (excludes halogenated alkanes) is 1. The fraction of sp³-hybridized carbons (Fsp3) is 1.00. The van der Waals surface area contributed by atoms with E-state index >= 15 is 0 Å². The Balaban J connectivity index is 2.10. The lowest BCUT2D eigenvalue weighted by molar-refractivity contribution is 0.113. The monoisotopic (exact) mass is 276 g/mol. The molecule has 0 aromatic carbocycles. The number of ether oxygens (including phenoxy) is 2. The van der Waals surface area contributed by atoms with E-state index in [0.717, 1.165) is 58.0 Å². The largest absolute Gasteiger partial charge is 0.394 e. The van der Waals surface area contributed by atoms with Crippen LogP contribution in [0.4, 0.5) is 0 Å². The van der Waals surface area contributed by atoms with Gasteiger partial charge in [-0.05, 0) is 38.8 Å². The van der Waals surface area contributed by atoms with Crippen LogP contribution in [0.25, 0.3) is 0 Å². The minimum absolute atomic E-state index is 0.376. The normalized spacial score (nSPS) is 19.2. The quantitative estimate of drug-likeness (QED) is 0.312. The van der Waals surface area contributed by atoms with E-state index < -0.39 is 8.56 Å². The Hall–Kier alpha value is 0.0569. The first-order valence-electron chi connectivity index (χ1n) is 7.23. The summed E-state index contributed by atoms with van der Waals surface area (Å²) in [5, 5.41) is 0. The van der Waals surface area contributed by atoms with Crippen molar-refractivity contribution in [2.24, 2.45) is 0 Å². The van der Waals surface area contributed by atoms with E-state index in [1.807, 2.05) is 0 Å². The summed E-state index contributed by atoms with van der Waals surface area (Å²) in [6.07, 6.45) is 2.59. The molecule has 1 aliphatic rings. The van der Waals surface area contributed by atoms with Crippen molar-refractivity contribution in [2.45, 2.75) is 51.8 Å². The second kappa shape index (κ2) is 9.04. The molecule has 1 unspecified atom stereocenters. The molecular formula is C13H28O4Si. The SMILES string of the molecule is CCO[Si](CC)(CCCCOCC1CO1)OCC. The van der Waals surface area contributed by atoms with Crippen LogP contribution in [0.3, 0.4) is 0 Å². The summed E-state index contributed by atoms with van der Waals surface area (Å²) in [6.45, 7) is 10.3. The molecule has 0 spiro atoms. The molecule has 0 aromatic heterocycles. The molecule has 1 rings (SSSR count). The maximum absolute atomic E-state index is 5.93. The van der Waals surface area contributed by atoms with Crippen molar-refractivity contribution in [3.63, 3.8) is 0 Å². The van der Waals surface area contributed by atoms with Crippen molar-refractivity contribution < 1.29 is 18.3 Å². The Morgan fingerprint density at radius 3 is 2.28 bits per heavy atom. The molecule has 18 heavy (non-hydrogen) atoms. The lowest BCUT2D eigenvalue weighted by atomic mass is 10.3. The molecule has 5 heteroatoms. The molecule has 0 aromatic rings. The Morgan fingerprint density at radius 2 is 1.78 bits per heavy atom. The van der Waals surface area contributed by atoms with Crippen LogP contribution in [-0.2, 0) is 18.3 Å². The van der Waals surface area contributed by atoms with Crippen molar-refractivity contribution in [2.75, 3.05) is 33.0 Å². The van der Waals surface area contributed by atoms with Crippen LogP contribution in [0.2, 0.25) is 12.1 Å². The highest BCUT2D eigenvalue weighted by Gasteiger charge is 2.34. The number of hydrogen-bond acceptors (Lipinski definition) is 4. The van der Waals surface area contributed by atoms with Crippen molar-refractivity contribution in [3.05, 3.63) is 0 Å². The maximum Gasteiger partial charge on any atom is 0.337 e. The van der Waals surface area contributed by atoms with Gasteiger partial charge in [0.05, 0.1) is 13.2 Å². The second-order valence-corrected chi connectivity index (χ2v) is 8.22. The van der Waals surface area contributed by atoms with Gasteiger partial charge in [-0.3, -0.25) is 0 Å². The maximum atomic E-state index is 5.93. The first-order chi connectivity index (χ1) is 8.76. The lowest BCUT2D eigenvalue weighted by Gasteiger charge is -2.28. The third-order valence-corrected chi connectivity index (χ3v) is 6.98. The van der Waals surface area contributed by atoms with Crippen LogP contribution in [0.5, 0.6) is 0 Å². The number of epoxide rings is 1. The van der Waals surface area contributed by atoms with E-state index in [2.05, 4.69) is 20.8 Å². The summed E-state index contributed by atoms with van der Waals surface area (Å²) in [5.41, 5.74) is 0. The van der Waals surface area contributed by atoms with Crippen LogP contribution in [0.15, 0.2) is 0 Å². The summed E-state index contributed by atoms with van der Waals surface area (Å²) >= 11 is 0. The van der Waals surface area contributed by atoms with E-state index in [1.165, 1.54) is 0 Å². The fourth-order valence-corrected chi connectivity index (χ4v) is 5.05. The molecule has 108 valence electrons. The molecule has 0 radical (unpaired) electrons. The molecule has 0 amide bonds. The third-order valence-electron chi connectivity index (χ3n) is 3.16. The summed E-state index contributed by atoms with van der Waals surface area (Å²) < 4.78 is 22.5. The predicted molar refractivity (Wildman–Crippen MR) is 74.1 cm³/mol. The van der Waals surface area contributed by atoms with E-state index in [0.29, 0.717) is 6.10 Å². The lowest BCUT2D eigenvalue weighted by Crippen LogP contribution is -2.41. The van der Waals surface area contributed by atoms with Crippen molar-refractivity contribution in [1.29, 1.82) is 0 Å². The zero-order valence-electron chi connectivity index (χ0n) is 12.1. The van der Waals surface area contributed by atoms with Gasteiger partial charge in [0.2, 0.25) is 0 Å². The van der Waals surface area contributed by atoms with Crippen LogP contribution in [0.1, 0.15) is 33.6 Å². The number of hydrogen-bond donors (Lipinski definition) is 0. The molecular weight excluding hydrogens is 248 g/mol. The first kappa shape index (κ1) is 16.1. The summed E-state index contributed by atoms with van der Waals surface area (Å²) in [4.78, 5) is 0. The minimum atomic E-state index is -1.92. The van der Waals surface area contributed by atoms with Gasteiger partial charge >= 0.3 is 8.56 Å². The Morgan fingerprint density at radius 1 is 1.11 bits per heavy atom. The molecule has 1 fully saturated rings. The zero-order valence-corrected chi connectivity index (χ0v) is 13.1.